The number of rotatable bonds is 8. The molecule has 1 N–H and O–H groups in total. The smallest absolute Gasteiger partial charge is 0.332 e. The van der Waals surface area contributed by atoms with E-state index in [0.29, 0.717) is 30.6 Å². The summed E-state index contributed by atoms with van der Waals surface area (Å²) in [5.74, 6) is -0.0206. The molecule has 0 aliphatic carbocycles. The van der Waals surface area contributed by atoms with E-state index in [1.165, 1.54) is 11.6 Å². The second-order valence-corrected chi connectivity index (χ2v) is 9.05. The largest absolute Gasteiger partial charge is 0.348 e. The van der Waals surface area contributed by atoms with E-state index >= 15 is 0 Å². The number of aryl methyl sites for hydroxylation is 2. The number of imidazole rings is 1. The first-order chi connectivity index (χ1) is 16.3. The van der Waals surface area contributed by atoms with Crippen LogP contribution in [0.2, 0.25) is 0 Å². The van der Waals surface area contributed by atoms with E-state index in [-0.39, 0.29) is 17.5 Å². The molecule has 1 saturated heterocycles. The van der Waals surface area contributed by atoms with E-state index < -0.39 is 5.69 Å². The van der Waals surface area contributed by atoms with Crippen molar-refractivity contribution < 1.29 is 4.79 Å². The van der Waals surface area contributed by atoms with E-state index in [4.69, 9.17) is 0 Å². The Kier molecular flexibility index (Phi) is 7.28. The molecule has 10 heteroatoms. The number of hydrogen-bond donors (Lipinski definition) is 1. The molecular weight excluding hydrogens is 434 g/mol. The minimum absolute atomic E-state index is 0.0206. The van der Waals surface area contributed by atoms with Gasteiger partial charge in [-0.1, -0.05) is 30.3 Å². The van der Waals surface area contributed by atoms with Gasteiger partial charge in [0, 0.05) is 59.8 Å². The van der Waals surface area contributed by atoms with Gasteiger partial charge in [0.05, 0.1) is 12.4 Å². The summed E-state index contributed by atoms with van der Waals surface area (Å²) in [6.45, 7) is 5.27. The van der Waals surface area contributed by atoms with Gasteiger partial charge in [-0.25, -0.2) is 9.78 Å². The standard InChI is InChI=1S/C24H33N7O3/c1-27-12-14-30(15-13-27)16-19(18-8-5-4-6-9-18)26-20(32)10-7-11-31-17-25-22-21(31)23(33)29(3)24(34)28(22)2/h4-6,8-9,17,19H,7,10-16H2,1-3H3,(H,26,32). The van der Waals surface area contributed by atoms with Crippen molar-refractivity contribution >= 4 is 17.1 Å². The van der Waals surface area contributed by atoms with Gasteiger partial charge >= 0.3 is 5.69 Å². The second kappa shape index (κ2) is 10.4. The summed E-state index contributed by atoms with van der Waals surface area (Å²) in [5, 5.41) is 3.22. The van der Waals surface area contributed by atoms with Crippen LogP contribution in [-0.2, 0) is 25.4 Å². The van der Waals surface area contributed by atoms with Crippen LogP contribution < -0.4 is 16.6 Å². The van der Waals surface area contributed by atoms with Gasteiger partial charge in [-0.15, -0.1) is 0 Å². The summed E-state index contributed by atoms with van der Waals surface area (Å²) in [7, 11) is 5.19. The Morgan fingerprint density at radius 3 is 2.44 bits per heavy atom. The van der Waals surface area contributed by atoms with Crippen LogP contribution in [0.1, 0.15) is 24.4 Å². The number of piperazine rings is 1. The van der Waals surface area contributed by atoms with Crippen molar-refractivity contribution in [1.29, 1.82) is 0 Å². The molecule has 1 aliphatic heterocycles. The SMILES string of the molecule is CN1CCN(CC(NC(=O)CCCn2cnc3c2c(=O)n(C)c(=O)n3C)c2ccccc2)CC1. The number of likely N-dealkylation sites (N-methyl/N-ethyl adjacent to an activating group) is 1. The summed E-state index contributed by atoms with van der Waals surface area (Å²) in [6, 6.07) is 10.0. The molecule has 3 heterocycles. The fraction of sp³-hybridized carbons (Fsp3) is 0.500. The number of carbonyl (C=O) groups is 1. The molecule has 1 aliphatic rings. The zero-order valence-corrected chi connectivity index (χ0v) is 20.1. The molecular formula is C24H33N7O3. The van der Waals surface area contributed by atoms with Crippen molar-refractivity contribution in [2.45, 2.75) is 25.4 Å². The Morgan fingerprint density at radius 2 is 1.74 bits per heavy atom. The van der Waals surface area contributed by atoms with Crippen LogP contribution in [0.15, 0.2) is 46.2 Å². The van der Waals surface area contributed by atoms with Gasteiger partial charge in [-0.2, -0.15) is 0 Å². The summed E-state index contributed by atoms with van der Waals surface area (Å²) in [4.78, 5) is 46.5. The highest BCUT2D eigenvalue weighted by Gasteiger charge is 2.21. The number of aromatic nitrogens is 4. The van der Waals surface area contributed by atoms with Gasteiger partial charge in [-0.3, -0.25) is 23.6 Å². The molecule has 10 nitrogen and oxygen atoms in total. The fourth-order valence-corrected chi connectivity index (χ4v) is 4.45. The van der Waals surface area contributed by atoms with Crippen LogP contribution in [0.3, 0.4) is 0 Å². The van der Waals surface area contributed by atoms with Gasteiger partial charge in [0.2, 0.25) is 5.91 Å². The number of nitrogens with one attached hydrogen (secondary N) is 1. The number of amides is 1. The van der Waals surface area contributed by atoms with E-state index in [0.717, 1.165) is 42.9 Å². The molecule has 1 aromatic carbocycles. The molecule has 182 valence electrons. The van der Waals surface area contributed by atoms with Crippen LogP contribution in [-0.4, -0.2) is 74.2 Å². The molecule has 0 spiro atoms. The van der Waals surface area contributed by atoms with Gasteiger partial charge in [0.25, 0.3) is 5.56 Å². The van der Waals surface area contributed by atoms with Crippen LogP contribution in [0.25, 0.3) is 11.2 Å². The Balaban J connectivity index is 1.40. The van der Waals surface area contributed by atoms with Crippen LogP contribution in [0.4, 0.5) is 0 Å². The molecule has 2 aromatic heterocycles. The molecule has 0 saturated carbocycles. The Bertz CT molecular complexity index is 1250. The van der Waals surface area contributed by atoms with Crippen molar-refractivity contribution in [2.24, 2.45) is 14.1 Å². The quantitative estimate of drug-likeness (QED) is 0.513. The molecule has 3 aromatic rings. The Hall–Kier alpha value is -3.24. The van der Waals surface area contributed by atoms with E-state index in [1.807, 2.05) is 18.2 Å². The molecule has 1 atom stereocenters. The van der Waals surface area contributed by atoms with Crippen molar-refractivity contribution in [3.63, 3.8) is 0 Å². The molecule has 1 amide bonds. The van der Waals surface area contributed by atoms with Crippen molar-refractivity contribution in [2.75, 3.05) is 39.8 Å². The number of nitrogens with zero attached hydrogens (tertiary/aromatic N) is 6. The van der Waals surface area contributed by atoms with Gasteiger partial charge in [0.15, 0.2) is 11.2 Å². The number of carbonyl (C=O) groups excluding carboxylic acids is 1. The first-order valence-corrected chi connectivity index (χ1v) is 11.7. The van der Waals surface area contributed by atoms with E-state index in [9.17, 15) is 14.4 Å². The highest BCUT2D eigenvalue weighted by molar-refractivity contribution is 5.76. The molecule has 0 bridgehead atoms. The maximum Gasteiger partial charge on any atom is 0.332 e. The van der Waals surface area contributed by atoms with Gasteiger partial charge in [-0.05, 0) is 19.0 Å². The lowest BCUT2D eigenvalue weighted by Crippen LogP contribution is -2.47. The predicted octanol–water partition coefficient (Wildman–Crippen LogP) is 0.319. The lowest BCUT2D eigenvalue weighted by atomic mass is 10.1. The summed E-state index contributed by atoms with van der Waals surface area (Å²) in [5.41, 5.74) is 1.04. The van der Waals surface area contributed by atoms with Gasteiger partial charge < -0.3 is 14.8 Å². The predicted molar refractivity (Wildman–Crippen MR) is 131 cm³/mol. The zero-order chi connectivity index (χ0) is 24.2. The van der Waals surface area contributed by atoms with Crippen molar-refractivity contribution in [1.82, 2.24) is 33.8 Å². The fourth-order valence-electron chi connectivity index (χ4n) is 4.45. The molecule has 1 unspecified atom stereocenters. The average molecular weight is 468 g/mol. The summed E-state index contributed by atoms with van der Waals surface area (Å²) >= 11 is 0. The number of fused-ring (bicyclic) bond motifs is 1. The first-order valence-electron chi connectivity index (χ1n) is 11.7. The first kappa shape index (κ1) is 23.9. The molecule has 1 fully saturated rings. The number of hydrogen-bond acceptors (Lipinski definition) is 6. The van der Waals surface area contributed by atoms with Crippen LogP contribution >= 0.6 is 0 Å². The Morgan fingerprint density at radius 1 is 1.03 bits per heavy atom. The topological polar surface area (TPSA) is 97.4 Å². The highest BCUT2D eigenvalue weighted by Crippen LogP contribution is 2.16. The maximum absolute atomic E-state index is 12.9. The average Bonchev–Trinajstić information content (AvgIpc) is 3.27. The Labute approximate surface area is 198 Å². The third kappa shape index (κ3) is 5.13. The van der Waals surface area contributed by atoms with Crippen LogP contribution in [0, 0.1) is 0 Å². The highest BCUT2D eigenvalue weighted by atomic mass is 16.2. The van der Waals surface area contributed by atoms with Gasteiger partial charge in [0.1, 0.15) is 0 Å². The van der Waals surface area contributed by atoms with Crippen molar-refractivity contribution in [3.05, 3.63) is 63.1 Å². The number of benzene rings is 1. The normalized spacial score (nSPS) is 16.1. The summed E-state index contributed by atoms with van der Waals surface area (Å²) < 4.78 is 4.17. The van der Waals surface area contributed by atoms with Crippen LogP contribution in [0.5, 0.6) is 0 Å². The molecule has 0 radical (unpaired) electrons. The third-order valence-electron chi connectivity index (χ3n) is 6.59. The molecule has 34 heavy (non-hydrogen) atoms. The van der Waals surface area contributed by atoms with E-state index in [1.54, 1.807) is 17.9 Å². The lowest BCUT2D eigenvalue weighted by molar-refractivity contribution is -0.122. The second-order valence-electron chi connectivity index (χ2n) is 9.05. The third-order valence-corrected chi connectivity index (χ3v) is 6.59. The minimum Gasteiger partial charge on any atom is -0.348 e. The summed E-state index contributed by atoms with van der Waals surface area (Å²) in [6.07, 6.45) is 2.45. The zero-order valence-electron chi connectivity index (χ0n) is 20.1. The minimum atomic E-state index is -0.408. The lowest BCUT2D eigenvalue weighted by Gasteiger charge is -2.35. The van der Waals surface area contributed by atoms with Crippen molar-refractivity contribution in [3.8, 4) is 0 Å². The maximum atomic E-state index is 12.9. The molecule has 4 rings (SSSR count). The monoisotopic (exact) mass is 467 g/mol. The van der Waals surface area contributed by atoms with E-state index in [2.05, 4.69) is 39.3 Å².